The highest BCUT2D eigenvalue weighted by molar-refractivity contribution is 5.90. The second-order valence-electron chi connectivity index (χ2n) is 3.94. The Morgan fingerprint density at radius 1 is 1.32 bits per heavy atom. The van der Waals surface area contributed by atoms with Crippen molar-refractivity contribution in [1.29, 1.82) is 0 Å². The molecule has 1 N–H and O–H groups in total. The van der Waals surface area contributed by atoms with Gasteiger partial charge in [-0.3, -0.25) is 4.68 Å². The Morgan fingerprint density at radius 2 is 2.00 bits per heavy atom. The zero-order valence-corrected chi connectivity index (χ0v) is 9.77. The normalized spacial score (nSPS) is 11.6. The van der Waals surface area contributed by atoms with Gasteiger partial charge >= 0.3 is 12.1 Å². The average Bonchev–Trinajstić information content (AvgIpc) is 2.74. The molecule has 0 aliphatic heterocycles. The largest absolute Gasteiger partial charge is 0.478 e. The Balaban J connectivity index is 2.59. The Kier molecular flexibility index (Phi) is 3.05. The van der Waals surface area contributed by atoms with Gasteiger partial charge in [-0.15, -0.1) is 0 Å². The highest BCUT2D eigenvalue weighted by Gasteiger charge is 2.35. The molecular weight excluding hydrogens is 261 g/mol. The van der Waals surface area contributed by atoms with Crippen molar-refractivity contribution in [3.05, 3.63) is 41.6 Å². The van der Waals surface area contributed by atoms with Crippen molar-refractivity contribution in [2.24, 2.45) is 7.05 Å². The maximum absolute atomic E-state index is 12.8. The van der Waals surface area contributed by atoms with Gasteiger partial charge in [0.05, 0.1) is 16.8 Å². The predicted octanol–water partition coefficient (Wildman–Crippen LogP) is 2.80. The van der Waals surface area contributed by atoms with E-state index in [1.54, 1.807) is 19.3 Å². The van der Waals surface area contributed by atoms with Crippen molar-refractivity contribution in [3.63, 3.8) is 0 Å². The van der Waals surface area contributed by atoms with Gasteiger partial charge in [0.15, 0.2) is 0 Å². The van der Waals surface area contributed by atoms with Gasteiger partial charge in [0, 0.05) is 18.8 Å². The number of alkyl halides is 3. The van der Waals surface area contributed by atoms with Gasteiger partial charge in [0.1, 0.15) is 0 Å². The molecule has 0 radical (unpaired) electrons. The van der Waals surface area contributed by atoms with E-state index in [2.05, 4.69) is 5.10 Å². The third-order valence-electron chi connectivity index (χ3n) is 2.56. The van der Waals surface area contributed by atoms with Crippen LogP contribution in [0.25, 0.3) is 11.3 Å². The molecule has 100 valence electrons. The zero-order chi connectivity index (χ0) is 14.2. The summed E-state index contributed by atoms with van der Waals surface area (Å²) in [7, 11) is 1.64. The van der Waals surface area contributed by atoms with Crippen molar-refractivity contribution in [3.8, 4) is 11.3 Å². The van der Waals surface area contributed by atoms with Gasteiger partial charge in [-0.1, -0.05) is 6.07 Å². The van der Waals surface area contributed by atoms with Crippen molar-refractivity contribution in [1.82, 2.24) is 9.78 Å². The predicted molar refractivity (Wildman–Crippen MR) is 60.6 cm³/mol. The number of rotatable bonds is 2. The lowest BCUT2D eigenvalue weighted by atomic mass is 10.0. The first kappa shape index (κ1) is 13.1. The number of carbonyl (C=O) groups is 1. The molecule has 2 aromatic rings. The number of carboxylic acid groups (broad SMARTS) is 1. The number of aromatic nitrogens is 2. The smallest absolute Gasteiger partial charge is 0.417 e. The number of nitrogens with zero attached hydrogens (tertiary/aromatic N) is 2. The van der Waals surface area contributed by atoms with Crippen LogP contribution >= 0.6 is 0 Å². The number of halogens is 3. The molecule has 0 aliphatic rings. The molecule has 1 aromatic heterocycles. The summed E-state index contributed by atoms with van der Waals surface area (Å²) in [5, 5.41) is 12.8. The number of carboxylic acids is 1. The number of benzene rings is 1. The van der Waals surface area contributed by atoms with Gasteiger partial charge in [-0.25, -0.2) is 4.79 Å². The molecule has 2 rings (SSSR count). The number of aryl methyl sites for hydroxylation is 1. The molecule has 0 saturated heterocycles. The molecule has 0 amide bonds. The van der Waals surface area contributed by atoms with Gasteiger partial charge in [-0.2, -0.15) is 18.3 Å². The molecule has 1 heterocycles. The SMILES string of the molecule is Cn1ccc(-c2ccc(C(=O)O)c(C(F)(F)F)c2)n1. The van der Waals surface area contributed by atoms with Gasteiger partial charge < -0.3 is 5.11 Å². The van der Waals surface area contributed by atoms with Crippen LogP contribution in [-0.2, 0) is 13.2 Å². The monoisotopic (exact) mass is 270 g/mol. The van der Waals surface area contributed by atoms with Gasteiger partial charge in [0.2, 0.25) is 0 Å². The molecule has 4 nitrogen and oxygen atoms in total. The van der Waals surface area contributed by atoms with E-state index in [1.165, 1.54) is 10.7 Å². The van der Waals surface area contributed by atoms with E-state index >= 15 is 0 Å². The summed E-state index contributed by atoms with van der Waals surface area (Å²) >= 11 is 0. The van der Waals surface area contributed by atoms with Crippen LogP contribution in [0.2, 0.25) is 0 Å². The molecule has 0 spiro atoms. The lowest BCUT2D eigenvalue weighted by molar-refractivity contribution is -0.138. The Hall–Kier alpha value is -2.31. The molecule has 0 aliphatic carbocycles. The quantitative estimate of drug-likeness (QED) is 0.912. The third kappa shape index (κ3) is 2.59. The Morgan fingerprint density at radius 3 is 2.47 bits per heavy atom. The minimum Gasteiger partial charge on any atom is -0.478 e. The summed E-state index contributed by atoms with van der Waals surface area (Å²) in [4.78, 5) is 10.8. The standard InChI is InChI=1S/C12H9F3N2O2/c1-17-5-4-10(16-17)7-2-3-8(11(18)19)9(6-7)12(13,14)15/h2-6H,1H3,(H,18,19). The summed E-state index contributed by atoms with van der Waals surface area (Å²) < 4.78 is 39.9. The van der Waals surface area contributed by atoms with Crippen molar-refractivity contribution >= 4 is 5.97 Å². The van der Waals surface area contributed by atoms with E-state index in [0.29, 0.717) is 5.69 Å². The first-order valence-electron chi connectivity index (χ1n) is 5.23. The summed E-state index contributed by atoms with van der Waals surface area (Å²) in [6, 6.07) is 4.60. The molecule has 0 fully saturated rings. The van der Waals surface area contributed by atoms with Gasteiger partial charge in [-0.05, 0) is 18.2 Å². The second-order valence-corrected chi connectivity index (χ2v) is 3.94. The average molecular weight is 270 g/mol. The molecule has 1 aromatic carbocycles. The summed E-state index contributed by atoms with van der Waals surface area (Å²) in [5.74, 6) is -1.61. The van der Waals surface area contributed by atoms with E-state index < -0.39 is 23.3 Å². The maximum atomic E-state index is 12.8. The number of hydrogen-bond donors (Lipinski definition) is 1. The fourth-order valence-corrected chi connectivity index (χ4v) is 1.69. The first-order chi connectivity index (χ1) is 8.79. The topological polar surface area (TPSA) is 55.1 Å². The summed E-state index contributed by atoms with van der Waals surface area (Å²) in [6.45, 7) is 0. The van der Waals surface area contributed by atoms with E-state index in [1.807, 2.05) is 0 Å². The molecule has 0 atom stereocenters. The summed E-state index contributed by atoms with van der Waals surface area (Å²) in [5.41, 5.74) is -1.38. The van der Waals surface area contributed by atoms with Crippen molar-refractivity contribution < 1.29 is 23.1 Å². The van der Waals surface area contributed by atoms with Gasteiger partial charge in [0.25, 0.3) is 0 Å². The van der Waals surface area contributed by atoms with Crippen LogP contribution in [0.4, 0.5) is 13.2 Å². The van der Waals surface area contributed by atoms with E-state index in [4.69, 9.17) is 5.11 Å². The van der Waals surface area contributed by atoms with E-state index in [9.17, 15) is 18.0 Å². The van der Waals surface area contributed by atoms with E-state index in [0.717, 1.165) is 12.1 Å². The minimum absolute atomic E-state index is 0.220. The van der Waals surface area contributed by atoms with Crippen molar-refractivity contribution in [2.75, 3.05) is 0 Å². The fourth-order valence-electron chi connectivity index (χ4n) is 1.69. The minimum atomic E-state index is -4.72. The third-order valence-corrected chi connectivity index (χ3v) is 2.56. The summed E-state index contributed by atoms with van der Waals surface area (Å²) in [6.07, 6.45) is -3.13. The number of aromatic carboxylic acids is 1. The number of hydrogen-bond acceptors (Lipinski definition) is 2. The molecule has 0 unspecified atom stereocenters. The molecule has 19 heavy (non-hydrogen) atoms. The van der Waals surface area contributed by atoms with Crippen LogP contribution in [0.3, 0.4) is 0 Å². The van der Waals surface area contributed by atoms with Crippen LogP contribution in [0.5, 0.6) is 0 Å². The van der Waals surface area contributed by atoms with Crippen LogP contribution in [0.15, 0.2) is 30.5 Å². The lowest BCUT2D eigenvalue weighted by Crippen LogP contribution is -2.13. The molecule has 0 saturated carbocycles. The lowest BCUT2D eigenvalue weighted by Gasteiger charge is -2.11. The molecule has 7 heteroatoms. The molecular formula is C12H9F3N2O2. The maximum Gasteiger partial charge on any atom is 0.417 e. The Labute approximate surface area is 106 Å². The van der Waals surface area contributed by atoms with Crippen molar-refractivity contribution in [2.45, 2.75) is 6.18 Å². The Bertz CT molecular complexity index is 632. The fraction of sp³-hybridized carbons (Fsp3) is 0.167. The van der Waals surface area contributed by atoms with Crippen LogP contribution in [-0.4, -0.2) is 20.9 Å². The van der Waals surface area contributed by atoms with Crippen LogP contribution in [0, 0.1) is 0 Å². The first-order valence-corrected chi connectivity index (χ1v) is 5.23. The highest BCUT2D eigenvalue weighted by Crippen LogP contribution is 2.34. The second kappa shape index (κ2) is 4.42. The molecule has 0 bridgehead atoms. The zero-order valence-electron chi connectivity index (χ0n) is 9.77. The van der Waals surface area contributed by atoms with E-state index in [-0.39, 0.29) is 5.56 Å². The van der Waals surface area contributed by atoms with Crippen LogP contribution < -0.4 is 0 Å². The van der Waals surface area contributed by atoms with Crippen LogP contribution in [0.1, 0.15) is 15.9 Å². The highest BCUT2D eigenvalue weighted by atomic mass is 19.4.